The smallest absolute Gasteiger partial charge is 0.397 e. The Morgan fingerprint density at radius 2 is 1.88 bits per heavy atom. The van der Waals surface area contributed by atoms with Gasteiger partial charge < -0.3 is 9.84 Å². The summed E-state index contributed by atoms with van der Waals surface area (Å²) in [5.41, 5.74) is -0.624. The first-order valence-corrected chi connectivity index (χ1v) is 13.3. The van der Waals surface area contributed by atoms with Crippen LogP contribution < -0.4 is 0 Å². The summed E-state index contributed by atoms with van der Waals surface area (Å²) in [6.45, 7) is 7.12. The van der Waals surface area contributed by atoms with E-state index in [2.05, 4.69) is 6.58 Å². The van der Waals surface area contributed by atoms with Gasteiger partial charge in [0.2, 0.25) is 0 Å². The van der Waals surface area contributed by atoms with E-state index in [0.29, 0.717) is 19.3 Å². The van der Waals surface area contributed by atoms with Gasteiger partial charge >= 0.3 is 16.4 Å². The van der Waals surface area contributed by atoms with E-state index in [1.807, 2.05) is 6.92 Å². The highest BCUT2D eigenvalue weighted by Gasteiger charge is 2.59. The molecule has 0 aromatic heterocycles. The summed E-state index contributed by atoms with van der Waals surface area (Å²) < 4.78 is 74.4. The molecule has 0 spiro atoms. The van der Waals surface area contributed by atoms with Crippen LogP contribution in [0.5, 0.6) is 0 Å². The Morgan fingerprint density at radius 3 is 2.44 bits per heavy atom. The van der Waals surface area contributed by atoms with Gasteiger partial charge in [-0.3, -0.25) is 9.11 Å². The van der Waals surface area contributed by atoms with Crippen LogP contribution in [0.1, 0.15) is 46.0 Å². The molecule has 2 aliphatic carbocycles. The van der Waals surface area contributed by atoms with E-state index < -0.39 is 55.3 Å². The van der Waals surface area contributed by atoms with E-state index in [9.17, 15) is 35.8 Å². The number of aliphatic hydroxyl groups is 1. The first-order valence-electron chi connectivity index (χ1n) is 10.4. The molecule has 10 nitrogen and oxygen atoms in total. The number of ether oxygens (including phenoxy) is 1. The average molecular weight is 495 g/mol. The number of fused-ring (bicyclic) bond motifs is 1. The second kappa shape index (κ2) is 8.48. The molecule has 0 amide bonds. The third kappa shape index (κ3) is 4.53. The minimum atomic E-state index is -4.70. The van der Waals surface area contributed by atoms with Crippen LogP contribution >= 0.6 is 0 Å². The Hall–Kier alpha value is -1.31. The molecule has 3 N–H and O–H groups in total. The highest BCUT2D eigenvalue weighted by atomic mass is 32.3. The van der Waals surface area contributed by atoms with Crippen LogP contribution in [0.25, 0.3) is 0 Å². The van der Waals surface area contributed by atoms with E-state index in [1.165, 1.54) is 6.08 Å². The highest BCUT2D eigenvalue weighted by molar-refractivity contribution is 7.86. The summed E-state index contributed by atoms with van der Waals surface area (Å²) in [5.74, 6) is -1.18. The zero-order valence-corrected chi connectivity index (χ0v) is 19.7. The van der Waals surface area contributed by atoms with Gasteiger partial charge in [0.1, 0.15) is 6.61 Å². The maximum atomic E-state index is 12.1. The maximum Gasteiger partial charge on any atom is 0.397 e. The van der Waals surface area contributed by atoms with Crippen molar-refractivity contribution in [3.8, 4) is 0 Å². The molecule has 182 valence electrons. The van der Waals surface area contributed by atoms with Gasteiger partial charge in [-0.05, 0) is 49.4 Å². The SMILES string of the molecule is C=C1CCC2C(C)(CO)C(OS(=O)(=O)O)CCC2(C)C1CC=C1C(=O)OCC1S(=O)(=O)O. The number of carbonyl (C=O) groups is 1. The summed E-state index contributed by atoms with van der Waals surface area (Å²) in [6, 6.07) is 0. The molecule has 3 aliphatic rings. The molecule has 6 unspecified atom stereocenters. The second-order valence-electron chi connectivity index (χ2n) is 9.52. The topological polar surface area (TPSA) is 164 Å². The van der Waals surface area contributed by atoms with Crippen LogP contribution in [-0.2, 0) is 34.2 Å². The lowest BCUT2D eigenvalue weighted by atomic mass is 9.46. The Labute approximate surface area is 188 Å². The van der Waals surface area contributed by atoms with Crippen molar-refractivity contribution in [2.45, 2.75) is 57.3 Å². The van der Waals surface area contributed by atoms with Gasteiger partial charge in [-0.1, -0.05) is 32.1 Å². The zero-order chi connectivity index (χ0) is 24.1. The van der Waals surface area contributed by atoms with Gasteiger partial charge in [0, 0.05) is 5.41 Å². The molecule has 1 heterocycles. The minimum absolute atomic E-state index is 0.112. The lowest BCUT2D eigenvalue weighted by Crippen LogP contribution is -2.58. The predicted molar refractivity (Wildman–Crippen MR) is 113 cm³/mol. The molecule has 0 aromatic rings. The Morgan fingerprint density at radius 1 is 1.22 bits per heavy atom. The largest absolute Gasteiger partial charge is 0.460 e. The average Bonchev–Trinajstić information content (AvgIpc) is 3.04. The van der Waals surface area contributed by atoms with Gasteiger partial charge in [-0.15, -0.1) is 0 Å². The first kappa shape index (κ1) is 25.3. The van der Waals surface area contributed by atoms with Crippen molar-refractivity contribution in [2.24, 2.45) is 22.7 Å². The summed E-state index contributed by atoms with van der Waals surface area (Å²) in [5, 5.41) is 8.80. The summed E-state index contributed by atoms with van der Waals surface area (Å²) in [6.07, 6.45) is 2.84. The normalized spacial score (nSPS) is 39.7. The third-order valence-corrected chi connectivity index (χ3v) is 9.36. The van der Waals surface area contributed by atoms with Crippen LogP contribution in [-0.4, -0.2) is 61.6 Å². The Balaban J connectivity index is 1.94. The van der Waals surface area contributed by atoms with E-state index in [4.69, 9.17) is 8.92 Å². The first-order chi connectivity index (χ1) is 14.6. The lowest BCUT2D eigenvalue weighted by Gasteiger charge is -2.60. The second-order valence-corrected chi connectivity index (χ2v) is 12.2. The number of aliphatic hydroxyl groups excluding tert-OH is 1. The lowest BCUT2D eigenvalue weighted by molar-refractivity contribution is -0.142. The van der Waals surface area contributed by atoms with E-state index in [0.717, 1.165) is 5.57 Å². The summed E-state index contributed by atoms with van der Waals surface area (Å²) in [7, 11) is -9.21. The minimum Gasteiger partial charge on any atom is -0.460 e. The fraction of sp³-hybridized carbons (Fsp3) is 0.750. The quantitative estimate of drug-likeness (QED) is 0.214. The fourth-order valence-corrected chi connectivity index (χ4v) is 7.45. The van der Waals surface area contributed by atoms with Crippen LogP contribution in [0.4, 0.5) is 0 Å². The van der Waals surface area contributed by atoms with Crippen LogP contribution in [0.15, 0.2) is 23.8 Å². The molecule has 6 atom stereocenters. The molecule has 12 heteroatoms. The number of hydrogen-bond donors (Lipinski definition) is 3. The summed E-state index contributed by atoms with van der Waals surface area (Å²) >= 11 is 0. The molecular weight excluding hydrogens is 464 g/mol. The van der Waals surface area contributed by atoms with E-state index in [-0.39, 0.29) is 36.9 Å². The molecule has 0 bridgehead atoms. The highest BCUT2D eigenvalue weighted by Crippen LogP contribution is 2.62. The van der Waals surface area contributed by atoms with Crippen LogP contribution in [0, 0.1) is 22.7 Å². The Kier molecular flexibility index (Phi) is 6.71. The number of cyclic esters (lactones) is 1. The molecule has 32 heavy (non-hydrogen) atoms. The molecule has 0 aromatic carbocycles. The third-order valence-electron chi connectivity index (χ3n) is 7.78. The van der Waals surface area contributed by atoms with Crippen molar-refractivity contribution in [3.63, 3.8) is 0 Å². The van der Waals surface area contributed by atoms with Gasteiger partial charge in [0.15, 0.2) is 5.25 Å². The summed E-state index contributed by atoms with van der Waals surface area (Å²) in [4.78, 5) is 12.1. The molecule has 2 saturated carbocycles. The van der Waals surface area contributed by atoms with Crippen molar-refractivity contribution in [2.75, 3.05) is 13.2 Å². The fourth-order valence-electron chi connectivity index (χ4n) is 6.09. The molecule has 1 aliphatic heterocycles. The number of rotatable bonds is 6. The van der Waals surface area contributed by atoms with E-state index >= 15 is 0 Å². The zero-order valence-electron chi connectivity index (χ0n) is 18.1. The molecular formula is C20H30O10S2. The number of esters is 1. The van der Waals surface area contributed by atoms with Gasteiger partial charge in [-0.2, -0.15) is 16.8 Å². The Bertz CT molecular complexity index is 1030. The van der Waals surface area contributed by atoms with Crippen LogP contribution in [0.2, 0.25) is 0 Å². The molecule has 3 rings (SSSR count). The predicted octanol–water partition coefficient (Wildman–Crippen LogP) is 1.69. The van der Waals surface area contributed by atoms with Crippen molar-refractivity contribution in [3.05, 3.63) is 23.8 Å². The number of hydrogen-bond acceptors (Lipinski definition) is 8. The number of carbonyl (C=O) groups excluding carboxylic acids is 1. The van der Waals surface area contributed by atoms with Gasteiger partial charge in [0.25, 0.3) is 10.1 Å². The maximum absolute atomic E-state index is 12.1. The van der Waals surface area contributed by atoms with Gasteiger partial charge in [0.05, 0.1) is 18.3 Å². The van der Waals surface area contributed by atoms with Crippen molar-refractivity contribution in [1.29, 1.82) is 0 Å². The molecule has 1 saturated heterocycles. The van der Waals surface area contributed by atoms with Crippen molar-refractivity contribution >= 4 is 26.5 Å². The van der Waals surface area contributed by atoms with Gasteiger partial charge in [-0.25, -0.2) is 8.98 Å². The van der Waals surface area contributed by atoms with E-state index in [1.54, 1.807) is 6.92 Å². The van der Waals surface area contributed by atoms with Crippen LogP contribution in [0.3, 0.4) is 0 Å². The standard InChI is InChI=1S/C20H30O10S2/c1-12-4-7-16-19(2,9-8-17(20(16,3)11-21)30-32(26,27)28)14(12)6-5-13-15(31(23,24)25)10-29-18(13)22/h5,14-17,21H,1,4,6-11H2,2-3H3,(H,23,24,25)(H,26,27,28). The molecule has 0 radical (unpaired) electrons. The van der Waals surface area contributed by atoms with Crippen molar-refractivity contribution < 1.29 is 44.8 Å². The monoisotopic (exact) mass is 494 g/mol. The molecule has 3 fully saturated rings. The number of allylic oxidation sites excluding steroid dienone is 2. The van der Waals surface area contributed by atoms with Crippen molar-refractivity contribution in [1.82, 2.24) is 0 Å².